The molecule has 90 valence electrons. The van der Waals surface area contributed by atoms with Gasteiger partial charge in [-0.25, -0.2) is 0 Å². The third-order valence-corrected chi connectivity index (χ3v) is 3.46. The molecule has 2 atom stereocenters. The summed E-state index contributed by atoms with van der Waals surface area (Å²) in [4.78, 5) is 25.0. The molecule has 2 saturated heterocycles. The molecule has 0 saturated carbocycles. The largest absolute Gasteiger partial charge is 0.344 e. The van der Waals surface area contributed by atoms with E-state index < -0.39 is 0 Å². The number of carbonyl (C=O) groups excluding carboxylic acids is 2. The van der Waals surface area contributed by atoms with E-state index in [2.05, 4.69) is 5.32 Å². The standard InChI is InChI=1S/C11H19N3O2/c12-6-8-2-1-5-14(7-8)11(16)9-3-4-10(15)13-9/h8-9H,1-7,12H2,(H,13,15). The van der Waals surface area contributed by atoms with Crippen LogP contribution in [-0.2, 0) is 9.59 Å². The average molecular weight is 225 g/mol. The maximum Gasteiger partial charge on any atom is 0.245 e. The Morgan fingerprint density at radius 3 is 2.94 bits per heavy atom. The normalized spacial score (nSPS) is 30.3. The van der Waals surface area contributed by atoms with Crippen LogP contribution in [-0.4, -0.2) is 42.4 Å². The summed E-state index contributed by atoms with van der Waals surface area (Å²) in [5, 5.41) is 2.72. The number of nitrogens with zero attached hydrogens (tertiary/aromatic N) is 1. The van der Waals surface area contributed by atoms with Crippen molar-refractivity contribution in [3.8, 4) is 0 Å². The van der Waals surface area contributed by atoms with E-state index in [1.54, 1.807) is 0 Å². The lowest BCUT2D eigenvalue weighted by Gasteiger charge is -2.33. The molecule has 0 radical (unpaired) electrons. The van der Waals surface area contributed by atoms with Crippen molar-refractivity contribution < 1.29 is 9.59 Å². The first kappa shape index (κ1) is 11.4. The van der Waals surface area contributed by atoms with Gasteiger partial charge in [-0.3, -0.25) is 9.59 Å². The van der Waals surface area contributed by atoms with Crippen molar-refractivity contribution in [2.75, 3.05) is 19.6 Å². The van der Waals surface area contributed by atoms with Crippen LogP contribution in [0.1, 0.15) is 25.7 Å². The van der Waals surface area contributed by atoms with Gasteiger partial charge >= 0.3 is 0 Å². The molecule has 2 aliphatic rings. The molecule has 5 heteroatoms. The predicted molar refractivity (Wildman–Crippen MR) is 59.5 cm³/mol. The molecule has 0 aromatic rings. The summed E-state index contributed by atoms with van der Waals surface area (Å²) in [6, 6.07) is -0.288. The first-order valence-electron chi connectivity index (χ1n) is 5.99. The van der Waals surface area contributed by atoms with E-state index in [-0.39, 0.29) is 17.9 Å². The Kier molecular flexibility index (Phi) is 3.43. The maximum atomic E-state index is 12.1. The van der Waals surface area contributed by atoms with Crippen molar-refractivity contribution in [2.24, 2.45) is 11.7 Å². The monoisotopic (exact) mass is 225 g/mol. The van der Waals surface area contributed by atoms with Gasteiger partial charge in [0.05, 0.1) is 0 Å². The van der Waals surface area contributed by atoms with Crippen molar-refractivity contribution in [1.29, 1.82) is 0 Å². The molecule has 3 N–H and O–H groups in total. The highest BCUT2D eigenvalue weighted by Gasteiger charge is 2.32. The molecule has 5 nitrogen and oxygen atoms in total. The summed E-state index contributed by atoms with van der Waals surface area (Å²) in [6.45, 7) is 2.20. The van der Waals surface area contributed by atoms with E-state index in [1.807, 2.05) is 4.90 Å². The highest BCUT2D eigenvalue weighted by molar-refractivity contribution is 5.90. The van der Waals surface area contributed by atoms with E-state index in [0.29, 0.717) is 25.3 Å². The summed E-state index contributed by atoms with van der Waals surface area (Å²) in [5.74, 6) is 0.490. The summed E-state index contributed by atoms with van der Waals surface area (Å²) < 4.78 is 0. The Hall–Kier alpha value is -1.10. The van der Waals surface area contributed by atoms with E-state index in [9.17, 15) is 9.59 Å². The van der Waals surface area contributed by atoms with Gasteiger partial charge in [0.2, 0.25) is 11.8 Å². The molecule has 0 aromatic carbocycles. The second kappa shape index (κ2) is 4.82. The van der Waals surface area contributed by atoms with E-state index in [4.69, 9.17) is 5.73 Å². The topological polar surface area (TPSA) is 75.4 Å². The first-order valence-corrected chi connectivity index (χ1v) is 5.99. The Bertz CT molecular complexity index is 293. The lowest BCUT2D eigenvalue weighted by Crippen LogP contribution is -2.49. The SMILES string of the molecule is NCC1CCCN(C(=O)C2CCC(=O)N2)C1. The molecule has 2 heterocycles. The number of piperidine rings is 1. The Morgan fingerprint density at radius 2 is 2.31 bits per heavy atom. The highest BCUT2D eigenvalue weighted by Crippen LogP contribution is 2.18. The molecule has 16 heavy (non-hydrogen) atoms. The minimum Gasteiger partial charge on any atom is -0.344 e. The molecule has 2 fully saturated rings. The smallest absolute Gasteiger partial charge is 0.245 e. The quantitative estimate of drug-likeness (QED) is 0.663. The van der Waals surface area contributed by atoms with Crippen LogP contribution in [0, 0.1) is 5.92 Å². The highest BCUT2D eigenvalue weighted by atomic mass is 16.2. The van der Waals surface area contributed by atoms with Gasteiger partial charge in [0.25, 0.3) is 0 Å². The third-order valence-electron chi connectivity index (χ3n) is 3.46. The zero-order chi connectivity index (χ0) is 11.5. The fraction of sp³-hybridized carbons (Fsp3) is 0.818. The van der Waals surface area contributed by atoms with Crippen molar-refractivity contribution in [1.82, 2.24) is 10.2 Å². The molecule has 0 spiro atoms. The van der Waals surface area contributed by atoms with Gasteiger partial charge in [0.15, 0.2) is 0 Å². The number of hydrogen-bond donors (Lipinski definition) is 2. The van der Waals surface area contributed by atoms with Crippen LogP contribution in [0.15, 0.2) is 0 Å². The second-order valence-electron chi connectivity index (χ2n) is 4.69. The molecule has 2 unspecified atom stereocenters. The van der Waals surface area contributed by atoms with Gasteiger partial charge < -0.3 is 16.0 Å². The number of rotatable bonds is 2. The van der Waals surface area contributed by atoms with E-state index in [0.717, 1.165) is 25.9 Å². The van der Waals surface area contributed by atoms with E-state index >= 15 is 0 Å². The lowest BCUT2D eigenvalue weighted by atomic mass is 9.97. The zero-order valence-electron chi connectivity index (χ0n) is 9.45. The fourth-order valence-electron chi connectivity index (χ4n) is 2.48. The van der Waals surface area contributed by atoms with Gasteiger partial charge in [-0.2, -0.15) is 0 Å². The van der Waals surface area contributed by atoms with Crippen molar-refractivity contribution in [3.63, 3.8) is 0 Å². The molecule has 0 bridgehead atoms. The fourth-order valence-corrected chi connectivity index (χ4v) is 2.48. The van der Waals surface area contributed by atoms with E-state index in [1.165, 1.54) is 0 Å². The summed E-state index contributed by atoms with van der Waals surface area (Å²) in [6.07, 6.45) is 3.25. The minimum absolute atomic E-state index is 0.00858. The second-order valence-corrected chi connectivity index (χ2v) is 4.69. The van der Waals surface area contributed by atoms with Crippen molar-refractivity contribution in [2.45, 2.75) is 31.7 Å². The zero-order valence-corrected chi connectivity index (χ0v) is 9.45. The number of amides is 2. The maximum absolute atomic E-state index is 12.1. The lowest BCUT2D eigenvalue weighted by molar-refractivity contribution is -0.136. The number of likely N-dealkylation sites (tertiary alicyclic amines) is 1. The van der Waals surface area contributed by atoms with Crippen molar-refractivity contribution >= 4 is 11.8 Å². The number of carbonyl (C=O) groups is 2. The Morgan fingerprint density at radius 1 is 1.50 bits per heavy atom. The van der Waals surface area contributed by atoms with Gasteiger partial charge in [-0.05, 0) is 31.7 Å². The van der Waals surface area contributed by atoms with Crippen LogP contribution in [0.5, 0.6) is 0 Å². The predicted octanol–water partition coefficient (Wildman–Crippen LogP) is -0.538. The van der Waals surface area contributed by atoms with Gasteiger partial charge in [0.1, 0.15) is 6.04 Å². The summed E-state index contributed by atoms with van der Waals surface area (Å²) in [5.41, 5.74) is 5.63. The van der Waals surface area contributed by atoms with Gasteiger partial charge in [-0.1, -0.05) is 0 Å². The molecular formula is C11H19N3O2. The number of hydrogen-bond acceptors (Lipinski definition) is 3. The molecule has 2 amide bonds. The Balaban J connectivity index is 1.91. The van der Waals surface area contributed by atoms with Crippen LogP contribution in [0.4, 0.5) is 0 Å². The minimum atomic E-state index is -0.288. The summed E-state index contributed by atoms with van der Waals surface area (Å²) >= 11 is 0. The third kappa shape index (κ3) is 2.35. The van der Waals surface area contributed by atoms with Crippen LogP contribution < -0.4 is 11.1 Å². The van der Waals surface area contributed by atoms with Crippen LogP contribution >= 0.6 is 0 Å². The molecule has 0 aromatic heterocycles. The molecule has 0 aliphatic carbocycles. The van der Waals surface area contributed by atoms with Crippen LogP contribution in [0.3, 0.4) is 0 Å². The first-order chi connectivity index (χ1) is 7.70. The molecule has 2 aliphatic heterocycles. The molecular weight excluding hydrogens is 206 g/mol. The van der Waals surface area contributed by atoms with Crippen LogP contribution in [0.25, 0.3) is 0 Å². The van der Waals surface area contributed by atoms with Crippen molar-refractivity contribution in [3.05, 3.63) is 0 Å². The van der Waals surface area contributed by atoms with Gasteiger partial charge in [0, 0.05) is 19.5 Å². The van der Waals surface area contributed by atoms with Crippen LogP contribution in [0.2, 0.25) is 0 Å². The average Bonchev–Trinajstić information content (AvgIpc) is 2.75. The number of nitrogens with two attached hydrogens (primary N) is 1. The van der Waals surface area contributed by atoms with Gasteiger partial charge in [-0.15, -0.1) is 0 Å². The number of nitrogens with one attached hydrogen (secondary N) is 1. The summed E-state index contributed by atoms with van der Waals surface area (Å²) in [7, 11) is 0. The Labute approximate surface area is 95.3 Å². The molecule has 2 rings (SSSR count).